The Kier molecular flexibility index (Phi) is 4.73. The minimum absolute atomic E-state index is 0.0529. The Morgan fingerprint density at radius 2 is 2.00 bits per heavy atom. The van der Waals surface area contributed by atoms with Gasteiger partial charge >= 0.3 is 6.18 Å². The molecule has 0 bridgehead atoms. The number of rotatable bonds is 4. The molecule has 0 spiro atoms. The monoisotopic (exact) mass is 297 g/mol. The molecule has 114 valence electrons. The van der Waals surface area contributed by atoms with Gasteiger partial charge in [-0.1, -0.05) is 0 Å². The zero-order valence-corrected chi connectivity index (χ0v) is 11.9. The van der Waals surface area contributed by atoms with Gasteiger partial charge in [-0.05, 0) is 51.1 Å². The molecule has 1 unspecified atom stereocenters. The molecule has 1 heterocycles. The van der Waals surface area contributed by atoms with E-state index in [1.807, 2.05) is 6.92 Å². The maximum Gasteiger partial charge on any atom is 0.417 e. The van der Waals surface area contributed by atoms with Crippen molar-refractivity contribution in [3.05, 3.63) is 29.3 Å². The second-order valence-corrected chi connectivity index (χ2v) is 5.42. The smallest absolute Gasteiger partial charge is 0.381 e. The predicted molar refractivity (Wildman–Crippen MR) is 74.9 cm³/mol. The first kappa shape index (κ1) is 15.6. The molecule has 6 heteroatoms. The molecule has 1 aliphatic rings. The van der Waals surface area contributed by atoms with Crippen LogP contribution in [-0.2, 0) is 6.18 Å². The largest absolute Gasteiger partial charge is 0.417 e. The van der Waals surface area contributed by atoms with E-state index < -0.39 is 11.7 Å². The molecular weight excluding hydrogens is 279 g/mol. The fourth-order valence-electron chi connectivity index (χ4n) is 2.65. The van der Waals surface area contributed by atoms with Gasteiger partial charge in [0, 0.05) is 18.3 Å². The van der Waals surface area contributed by atoms with Gasteiger partial charge in [-0.2, -0.15) is 18.4 Å². The van der Waals surface area contributed by atoms with Gasteiger partial charge < -0.3 is 10.2 Å². The van der Waals surface area contributed by atoms with Crippen LogP contribution >= 0.6 is 0 Å². The summed E-state index contributed by atoms with van der Waals surface area (Å²) < 4.78 is 38.7. The number of nitriles is 1. The summed E-state index contributed by atoms with van der Waals surface area (Å²) in [6.45, 7) is 4.85. The minimum atomic E-state index is -4.51. The number of anilines is 1. The van der Waals surface area contributed by atoms with Gasteiger partial charge in [-0.15, -0.1) is 0 Å². The number of benzene rings is 1. The summed E-state index contributed by atoms with van der Waals surface area (Å²) in [5.41, 5.74) is -0.836. The molecule has 0 amide bonds. The third-order valence-corrected chi connectivity index (χ3v) is 3.59. The zero-order chi connectivity index (χ0) is 15.5. The van der Waals surface area contributed by atoms with Gasteiger partial charge in [0.25, 0.3) is 0 Å². The quantitative estimate of drug-likeness (QED) is 0.925. The van der Waals surface area contributed by atoms with Gasteiger partial charge in [0.15, 0.2) is 0 Å². The molecule has 1 fully saturated rings. The molecule has 21 heavy (non-hydrogen) atoms. The van der Waals surface area contributed by atoms with Crippen LogP contribution in [0.3, 0.4) is 0 Å². The van der Waals surface area contributed by atoms with E-state index in [0.717, 1.165) is 25.7 Å². The summed E-state index contributed by atoms with van der Waals surface area (Å²) in [5.74, 6) is 0. The molecule has 1 aromatic rings. The number of hydrogen-bond donors (Lipinski definition) is 1. The average Bonchev–Trinajstić information content (AvgIpc) is 2.90. The standard InChI is InChI=1S/C15H18F3N3/c1-11(10-21-6-2-3-7-21)20-13-5-4-12(9-19)14(8-13)15(16,17)18/h4-5,8,11,20H,2-3,6-7,10H2,1H3. The molecule has 0 aromatic heterocycles. The average molecular weight is 297 g/mol. The number of nitrogens with zero attached hydrogens (tertiary/aromatic N) is 2. The Balaban J connectivity index is 2.08. The van der Waals surface area contributed by atoms with Crippen molar-refractivity contribution in [3.8, 4) is 6.07 Å². The Bertz CT molecular complexity index is 528. The van der Waals surface area contributed by atoms with Gasteiger partial charge in [-0.25, -0.2) is 0 Å². The van der Waals surface area contributed by atoms with Crippen LogP contribution in [0.15, 0.2) is 18.2 Å². The van der Waals surface area contributed by atoms with Crippen LogP contribution in [0.4, 0.5) is 18.9 Å². The van der Waals surface area contributed by atoms with Gasteiger partial charge in [0.05, 0.1) is 17.2 Å². The van der Waals surface area contributed by atoms with Crippen LogP contribution in [-0.4, -0.2) is 30.6 Å². The van der Waals surface area contributed by atoms with Gasteiger partial charge in [-0.3, -0.25) is 0 Å². The second kappa shape index (κ2) is 6.35. The second-order valence-electron chi connectivity index (χ2n) is 5.42. The molecule has 1 aromatic carbocycles. The molecule has 0 radical (unpaired) electrons. The van der Waals surface area contributed by atoms with E-state index in [1.165, 1.54) is 25.0 Å². The topological polar surface area (TPSA) is 39.1 Å². The van der Waals surface area contributed by atoms with Crippen molar-refractivity contribution >= 4 is 5.69 Å². The zero-order valence-electron chi connectivity index (χ0n) is 11.9. The van der Waals surface area contributed by atoms with Crippen LogP contribution in [0.2, 0.25) is 0 Å². The first-order valence-electron chi connectivity index (χ1n) is 7.00. The lowest BCUT2D eigenvalue weighted by Gasteiger charge is -2.22. The van der Waals surface area contributed by atoms with E-state index in [2.05, 4.69) is 10.2 Å². The van der Waals surface area contributed by atoms with Crippen molar-refractivity contribution in [2.75, 3.05) is 25.0 Å². The lowest BCUT2D eigenvalue weighted by molar-refractivity contribution is -0.137. The summed E-state index contributed by atoms with van der Waals surface area (Å²) in [7, 11) is 0. The summed E-state index contributed by atoms with van der Waals surface area (Å²) in [6, 6.07) is 5.39. The lowest BCUT2D eigenvalue weighted by Crippen LogP contribution is -2.33. The molecule has 3 nitrogen and oxygen atoms in total. The van der Waals surface area contributed by atoms with Crippen LogP contribution in [0, 0.1) is 11.3 Å². The van der Waals surface area contributed by atoms with Gasteiger partial charge in [0.2, 0.25) is 0 Å². The summed E-state index contributed by atoms with van der Waals surface area (Å²) in [5, 5.41) is 11.8. The molecule has 0 aliphatic carbocycles. The van der Waals surface area contributed by atoms with Crippen LogP contribution in [0.5, 0.6) is 0 Å². The molecule has 2 rings (SSSR count). The fraction of sp³-hybridized carbons (Fsp3) is 0.533. The minimum Gasteiger partial charge on any atom is -0.381 e. The van der Waals surface area contributed by atoms with E-state index >= 15 is 0 Å². The highest BCUT2D eigenvalue weighted by atomic mass is 19.4. The Labute approximate surface area is 122 Å². The van der Waals surface area contributed by atoms with Crippen LogP contribution < -0.4 is 5.32 Å². The van der Waals surface area contributed by atoms with E-state index in [1.54, 1.807) is 6.07 Å². The van der Waals surface area contributed by atoms with Crippen molar-refractivity contribution in [1.82, 2.24) is 4.90 Å². The summed E-state index contributed by atoms with van der Waals surface area (Å²) >= 11 is 0. The SMILES string of the molecule is CC(CN1CCCC1)Nc1ccc(C#N)c(C(F)(F)F)c1. The van der Waals surface area contributed by atoms with Gasteiger partial charge in [0.1, 0.15) is 0 Å². The summed E-state index contributed by atoms with van der Waals surface area (Å²) in [4.78, 5) is 2.30. The molecule has 0 saturated carbocycles. The van der Waals surface area contributed by atoms with Crippen LogP contribution in [0.25, 0.3) is 0 Å². The molecule has 1 atom stereocenters. The maximum absolute atomic E-state index is 12.9. The Morgan fingerprint density at radius 3 is 2.57 bits per heavy atom. The third-order valence-electron chi connectivity index (χ3n) is 3.59. The van der Waals surface area contributed by atoms with E-state index in [-0.39, 0.29) is 11.6 Å². The third kappa shape index (κ3) is 4.11. The highest BCUT2D eigenvalue weighted by Gasteiger charge is 2.33. The number of alkyl halides is 3. The van der Waals surface area contributed by atoms with E-state index in [9.17, 15) is 13.2 Å². The molecule has 1 aliphatic heterocycles. The number of hydrogen-bond acceptors (Lipinski definition) is 3. The number of likely N-dealkylation sites (tertiary alicyclic amines) is 1. The first-order valence-corrected chi connectivity index (χ1v) is 7.00. The normalized spacial score (nSPS) is 17.5. The van der Waals surface area contributed by atoms with Crippen molar-refractivity contribution in [1.29, 1.82) is 5.26 Å². The first-order chi connectivity index (χ1) is 9.90. The predicted octanol–water partition coefficient (Wildman–Crippen LogP) is 3.47. The van der Waals surface area contributed by atoms with Crippen molar-refractivity contribution in [2.24, 2.45) is 0 Å². The molecule has 1 saturated heterocycles. The summed E-state index contributed by atoms with van der Waals surface area (Å²) in [6.07, 6.45) is -2.15. The van der Waals surface area contributed by atoms with Crippen molar-refractivity contribution in [3.63, 3.8) is 0 Å². The lowest BCUT2D eigenvalue weighted by atomic mass is 10.1. The highest BCUT2D eigenvalue weighted by molar-refractivity contribution is 5.53. The van der Waals surface area contributed by atoms with E-state index in [4.69, 9.17) is 5.26 Å². The maximum atomic E-state index is 12.9. The molecular formula is C15H18F3N3. The van der Waals surface area contributed by atoms with Crippen molar-refractivity contribution in [2.45, 2.75) is 32.0 Å². The van der Waals surface area contributed by atoms with E-state index in [0.29, 0.717) is 5.69 Å². The van der Waals surface area contributed by atoms with Crippen molar-refractivity contribution < 1.29 is 13.2 Å². The molecule has 1 N–H and O–H groups in total. The fourth-order valence-corrected chi connectivity index (χ4v) is 2.65. The Morgan fingerprint density at radius 1 is 1.33 bits per heavy atom. The van der Waals surface area contributed by atoms with Crippen LogP contribution in [0.1, 0.15) is 30.9 Å². The highest BCUT2D eigenvalue weighted by Crippen LogP contribution is 2.33. The Hall–Kier alpha value is -1.74. The number of halogens is 3. The number of nitrogens with one attached hydrogen (secondary N) is 1.